The molecule has 0 bridgehead atoms. The molecule has 8 aliphatic heterocycles. The summed E-state index contributed by atoms with van der Waals surface area (Å²) in [4.78, 5) is 38.2. The third-order valence-electron chi connectivity index (χ3n) is 17.8. The van der Waals surface area contributed by atoms with Crippen LogP contribution in [0.5, 0.6) is 0 Å². The van der Waals surface area contributed by atoms with Crippen LogP contribution in [0.2, 0.25) is 0 Å². The number of carbonyl (C=O) groups excluding carboxylic acids is 3. The maximum absolute atomic E-state index is 12.9. The smallest absolute Gasteiger partial charge is 0.217 e. The van der Waals surface area contributed by atoms with E-state index in [1.54, 1.807) is 0 Å². The average molecular weight is 1440 g/mol. The highest BCUT2D eigenvalue weighted by Crippen LogP contribution is 2.39. The van der Waals surface area contributed by atoms with Crippen molar-refractivity contribution in [2.75, 3.05) is 52.9 Å². The molecule has 0 spiro atoms. The van der Waals surface area contributed by atoms with E-state index in [0.29, 0.717) is 0 Å². The Morgan fingerprint density at radius 3 is 0.939 bits per heavy atom. The van der Waals surface area contributed by atoms with E-state index >= 15 is 0 Å². The summed E-state index contributed by atoms with van der Waals surface area (Å²) in [7, 11) is 0. The molecule has 44 nitrogen and oxygen atoms in total. The maximum Gasteiger partial charge on any atom is 0.217 e. The van der Waals surface area contributed by atoms with Crippen LogP contribution in [-0.2, 0) is 85.4 Å². The fourth-order valence-corrected chi connectivity index (χ4v) is 12.6. The van der Waals surface area contributed by atoms with Crippen LogP contribution in [-0.4, -0.2) is 433 Å². The molecule has 3 amide bonds. The van der Waals surface area contributed by atoms with Gasteiger partial charge in [0.05, 0.1) is 52.9 Å². The number of aliphatic hydroxyl groups is 23. The Bertz CT molecular complexity index is 2510. The van der Waals surface area contributed by atoms with Crippen molar-refractivity contribution in [3.05, 3.63) is 0 Å². The molecule has 568 valence electrons. The summed E-state index contributed by atoms with van der Waals surface area (Å²) >= 11 is 0. The summed E-state index contributed by atoms with van der Waals surface area (Å²) in [6.45, 7) is -5.34. The first-order valence-electron chi connectivity index (χ1n) is 31.1. The van der Waals surface area contributed by atoms with Gasteiger partial charge < -0.3 is 204 Å². The van der Waals surface area contributed by atoms with Gasteiger partial charge >= 0.3 is 0 Å². The third-order valence-corrected chi connectivity index (χ3v) is 17.8. The highest BCUT2D eigenvalue weighted by atomic mass is 16.8. The fourth-order valence-electron chi connectivity index (χ4n) is 12.6. The van der Waals surface area contributed by atoms with Crippen LogP contribution < -0.4 is 16.0 Å². The molecule has 0 saturated carbocycles. The third kappa shape index (κ3) is 17.5. The molecule has 0 radical (unpaired) electrons. The Morgan fingerprint density at radius 1 is 0.265 bits per heavy atom. The predicted octanol–water partition coefficient (Wildman–Crippen LogP) is -18.0. The molecule has 0 unspecified atom stereocenters. The van der Waals surface area contributed by atoms with Crippen LogP contribution in [0.25, 0.3) is 0 Å². The van der Waals surface area contributed by atoms with Gasteiger partial charge in [-0.3, -0.25) is 14.4 Å². The second-order valence-corrected chi connectivity index (χ2v) is 24.6. The molecule has 0 aliphatic carbocycles. The predicted molar refractivity (Wildman–Crippen MR) is 299 cm³/mol. The summed E-state index contributed by atoms with van der Waals surface area (Å²) < 4.78 is 86.8. The summed E-state index contributed by atoms with van der Waals surface area (Å²) in [5, 5.41) is 258. The van der Waals surface area contributed by atoms with Gasteiger partial charge in [0, 0.05) is 20.8 Å². The van der Waals surface area contributed by atoms with E-state index in [1.165, 1.54) is 0 Å². The molecular weight excluding hydrogens is 1350 g/mol. The van der Waals surface area contributed by atoms with Crippen LogP contribution >= 0.6 is 0 Å². The van der Waals surface area contributed by atoms with Crippen molar-refractivity contribution in [1.82, 2.24) is 16.0 Å². The molecule has 8 fully saturated rings. The molecule has 8 rings (SSSR count). The Hall–Kier alpha value is -3.11. The van der Waals surface area contributed by atoms with Crippen molar-refractivity contribution in [3.63, 3.8) is 0 Å². The standard InChI is InChI=1S/C54H91N3O41/c1-12(65)55-23-31(73)26(68)15(4-58)86-49(23)97-46-30(72)22(11-84-48-24(56-13(2)66)32(74)41(20(9-63)90-48)93-52-39(81)45(29(71)18(7-61)88-52)98-51-37(79)34(76)27(69)16(5-59)87-51)92-54(40(46)82)94-42-21(10-64)91-50(25(33(42)75)57-14(3)67)96-44-28(70)17(6-60)89-53(38(44)80)95-43-19(8-62)85-47(83)36(78)35(43)77/h15-54,58-64,68-83H,4-11H2,1-3H3,(H,55,65)(H,56,66)(H,57,67)/t15-,16-,17-,18-,19-,20-,21-,22-,23-,24-,25-,26-,27+,28+,29+,30+,31-,32-,33-,34+,35-,36-,37-,38-,39-,40-,41-,42-,43-,44+,45+,46+,47-,48-,49+,50+,51-,52+,53+,54+/m1/s1. The molecule has 44 heteroatoms. The molecule has 98 heavy (non-hydrogen) atoms. The highest BCUT2D eigenvalue weighted by molar-refractivity contribution is 5.74. The van der Waals surface area contributed by atoms with Crippen LogP contribution in [0.15, 0.2) is 0 Å². The van der Waals surface area contributed by atoms with Crippen molar-refractivity contribution < 1.29 is 203 Å². The number of amides is 3. The molecule has 0 aromatic rings. The van der Waals surface area contributed by atoms with Gasteiger partial charge in [-0.1, -0.05) is 0 Å². The monoisotopic (exact) mass is 1440 g/mol. The van der Waals surface area contributed by atoms with Gasteiger partial charge in [0.2, 0.25) is 17.7 Å². The van der Waals surface area contributed by atoms with E-state index in [0.717, 1.165) is 20.8 Å². The lowest BCUT2D eigenvalue weighted by Gasteiger charge is -2.51. The topological polar surface area (TPSA) is 691 Å². The van der Waals surface area contributed by atoms with Gasteiger partial charge in [-0.2, -0.15) is 0 Å². The van der Waals surface area contributed by atoms with Gasteiger partial charge in [0.25, 0.3) is 0 Å². The fraction of sp³-hybridized carbons (Fsp3) is 0.944. The second-order valence-electron chi connectivity index (χ2n) is 24.6. The molecule has 40 atom stereocenters. The van der Waals surface area contributed by atoms with Gasteiger partial charge in [-0.25, -0.2) is 0 Å². The van der Waals surface area contributed by atoms with Crippen LogP contribution in [0, 0.1) is 0 Å². The molecule has 8 saturated heterocycles. The number of ether oxygens (including phenoxy) is 15. The van der Waals surface area contributed by atoms with Crippen molar-refractivity contribution in [2.24, 2.45) is 0 Å². The first kappa shape index (κ1) is 80.6. The Labute approximate surface area is 554 Å². The van der Waals surface area contributed by atoms with E-state index in [9.17, 15) is 132 Å². The highest BCUT2D eigenvalue weighted by Gasteiger charge is 2.60. The van der Waals surface area contributed by atoms with Gasteiger partial charge in [0.1, 0.15) is 195 Å². The summed E-state index contributed by atoms with van der Waals surface area (Å²) in [6.07, 6.45) is -73.8. The van der Waals surface area contributed by atoms with E-state index in [2.05, 4.69) is 16.0 Å². The minimum Gasteiger partial charge on any atom is -0.394 e. The minimum absolute atomic E-state index is 0.855. The van der Waals surface area contributed by atoms with E-state index in [4.69, 9.17) is 71.1 Å². The Kier molecular flexibility index (Phi) is 28.9. The van der Waals surface area contributed by atoms with Crippen molar-refractivity contribution in [1.29, 1.82) is 0 Å². The zero-order valence-corrected chi connectivity index (χ0v) is 52.4. The maximum atomic E-state index is 12.9. The van der Waals surface area contributed by atoms with Crippen LogP contribution in [0.1, 0.15) is 20.8 Å². The molecule has 8 heterocycles. The lowest BCUT2D eigenvalue weighted by atomic mass is 9.94. The Balaban J connectivity index is 1.05. The van der Waals surface area contributed by atoms with Crippen molar-refractivity contribution >= 4 is 17.7 Å². The molecule has 26 N–H and O–H groups in total. The van der Waals surface area contributed by atoms with E-state index in [1.807, 2.05) is 0 Å². The van der Waals surface area contributed by atoms with E-state index in [-0.39, 0.29) is 0 Å². The van der Waals surface area contributed by atoms with Crippen molar-refractivity contribution in [2.45, 2.75) is 266 Å². The normalized spacial score (nSPS) is 49.5. The first-order valence-corrected chi connectivity index (χ1v) is 31.1. The summed E-state index contributed by atoms with van der Waals surface area (Å²) in [5.41, 5.74) is 0. The van der Waals surface area contributed by atoms with Gasteiger partial charge in [-0.05, 0) is 0 Å². The van der Waals surface area contributed by atoms with Gasteiger partial charge in [0.15, 0.2) is 50.3 Å². The second kappa shape index (κ2) is 35.1. The van der Waals surface area contributed by atoms with E-state index < -0.39 is 316 Å². The number of aliphatic hydroxyl groups excluding tert-OH is 23. The lowest BCUT2D eigenvalue weighted by Crippen LogP contribution is -2.70. The molecule has 0 aromatic carbocycles. The number of rotatable bonds is 25. The van der Waals surface area contributed by atoms with Crippen molar-refractivity contribution in [3.8, 4) is 0 Å². The summed E-state index contributed by atoms with van der Waals surface area (Å²) in [5.74, 6) is -2.69. The lowest BCUT2D eigenvalue weighted by molar-refractivity contribution is -0.387. The number of carbonyl (C=O) groups is 3. The summed E-state index contributed by atoms with van der Waals surface area (Å²) in [6, 6.07) is -5.52. The van der Waals surface area contributed by atoms with Gasteiger partial charge in [-0.15, -0.1) is 0 Å². The molecule has 0 aromatic heterocycles. The number of hydrogen-bond donors (Lipinski definition) is 26. The van der Waals surface area contributed by atoms with Crippen LogP contribution in [0.3, 0.4) is 0 Å². The largest absolute Gasteiger partial charge is 0.394 e. The zero-order chi connectivity index (χ0) is 72.2. The molecule has 8 aliphatic rings. The molecular formula is C54H91N3O41. The quantitative estimate of drug-likeness (QED) is 0.0404. The SMILES string of the molecule is CC(=O)N[C@H]1[C@H](OC[C@H]2O[C@@H](O[C@H]3[C@H](O)[C@@H](NC(C)=O)[C@H](O[C@H]4[C@@H](O)[C@@H](CO)O[C@@H](O[C@H]5[C@H](O)[C@@H](O)[C@H](O)O[C@@H]5CO)[C@@H]4O)O[C@@H]3CO)[C@H](O)[C@@H](O[C@@H]3O[C@H](CO)[C@@H](O)[C@H](O)[C@H]3NC(C)=O)[C@H]2O)O[C@H](CO)[C@@H](O[C@@H]2O[C@H](CO)[C@H](O)[C@H](O[C@H]3O[C@H](CO)[C@H](O)[C@H](O)[C@H]3O)[C@H]2O)[C@@H]1O. The Morgan fingerprint density at radius 2 is 0.541 bits per heavy atom. The minimum atomic E-state index is -2.38. The number of hydrogen-bond acceptors (Lipinski definition) is 41. The first-order chi connectivity index (χ1) is 46.4. The zero-order valence-electron chi connectivity index (χ0n) is 52.4. The average Bonchev–Trinajstić information content (AvgIpc) is 0.775. The number of nitrogens with one attached hydrogen (secondary N) is 3. The van der Waals surface area contributed by atoms with Crippen LogP contribution in [0.4, 0.5) is 0 Å².